The van der Waals surface area contributed by atoms with Gasteiger partial charge in [0.1, 0.15) is 18.3 Å². The zero-order valence-electron chi connectivity index (χ0n) is 25.8. The van der Waals surface area contributed by atoms with Gasteiger partial charge in [0.05, 0.1) is 17.7 Å². The van der Waals surface area contributed by atoms with Gasteiger partial charge in [0, 0.05) is 20.0 Å². The van der Waals surface area contributed by atoms with E-state index in [0.29, 0.717) is 17.0 Å². The lowest BCUT2D eigenvalue weighted by molar-refractivity contribution is -0.139. The molecule has 230 valence electrons. The van der Waals surface area contributed by atoms with Crippen LogP contribution in [0.15, 0.2) is 102 Å². The Labute approximate surface area is 260 Å². The normalized spacial score (nSPS) is 11.8. The van der Waals surface area contributed by atoms with Crippen LogP contribution in [0.2, 0.25) is 0 Å². The molecule has 4 aromatic carbocycles. The van der Waals surface area contributed by atoms with Crippen molar-refractivity contribution in [2.45, 2.75) is 44.7 Å². The van der Waals surface area contributed by atoms with Crippen molar-refractivity contribution in [1.29, 1.82) is 0 Å². The summed E-state index contributed by atoms with van der Waals surface area (Å²) in [6.45, 7) is 5.18. The van der Waals surface area contributed by atoms with Crippen LogP contribution in [0, 0.1) is 20.8 Å². The smallest absolute Gasteiger partial charge is 0.264 e. The topological polar surface area (TPSA) is 96.0 Å². The first kappa shape index (κ1) is 32.3. The zero-order valence-corrected chi connectivity index (χ0v) is 26.6. The number of nitrogens with zero attached hydrogens (tertiary/aromatic N) is 2. The lowest BCUT2D eigenvalue weighted by Crippen LogP contribution is -2.53. The predicted molar refractivity (Wildman–Crippen MR) is 173 cm³/mol. The summed E-state index contributed by atoms with van der Waals surface area (Å²) >= 11 is 0. The number of likely N-dealkylation sites (N-methyl/N-ethyl adjacent to an activating group) is 1. The van der Waals surface area contributed by atoms with Gasteiger partial charge in [0.15, 0.2) is 0 Å². The number of nitrogens with one attached hydrogen (secondary N) is 1. The highest BCUT2D eigenvalue weighted by molar-refractivity contribution is 7.92. The molecule has 4 rings (SSSR count). The van der Waals surface area contributed by atoms with Crippen molar-refractivity contribution in [1.82, 2.24) is 10.2 Å². The van der Waals surface area contributed by atoms with Crippen LogP contribution in [0.4, 0.5) is 5.69 Å². The first-order valence-corrected chi connectivity index (χ1v) is 15.8. The SMILES string of the molecule is CNC(=O)[C@H](Cc1ccccc1)N(Cc1cccc(OC)c1)C(=O)CN(c1ccc(C)cc1C)S(=O)(=O)c1ccc(C)cc1. The number of carbonyl (C=O) groups excluding carboxylic acids is 2. The molecule has 44 heavy (non-hydrogen) atoms. The van der Waals surface area contributed by atoms with E-state index in [1.54, 1.807) is 49.6 Å². The summed E-state index contributed by atoms with van der Waals surface area (Å²) in [6.07, 6.45) is 0.241. The quantitative estimate of drug-likeness (QED) is 0.237. The average molecular weight is 614 g/mol. The van der Waals surface area contributed by atoms with E-state index >= 15 is 0 Å². The standard InChI is InChI=1S/C35H39N3O5S/c1-25-14-17-31(18-15-25)44(41,42)38(32-19-16-26(2)20-27(32)3)24-34(39)37(23-29-12-9-13-30(21-29)43-5)33(35(40)36-4)22-28-10-7-6-8-11-28/h6-21,33H,22-24H2,1-5H3,(H,36,40)/t33-/m0/s1. The Kier molecular flexibility index (Phi) is 10.4. The van der Waals surface area contributed by atoms with Crippen molar-refractivity contribution in [3.8, 4) is 5.75 Å². The van der Waals surface area contributed by atoms with Gasteiger partial charge in [-0.3, -0.25) is 13.9 Å². The molecule has 1 N–H and O–H groups in total. The lowest BCUT2D eigenvalue weighted by Gasteiger charge is -2.34. The summed E-state index contributed by atoms with van der Waals surface area (Å²) in [5.41, 5.74) is 4.58. The fourth-order valence-electron chi connectivity index (χ4n) is 5.12. The second kappa shape index (κ2) is 14.2. The van der Waals surface area contributed by atoms with Gasteiger partial charge in [-0.2, -0.15) is 0 Å². The first-order chi connectivity index (χ1) is 21.0. The number of methoxy groups -OCH3 is 1. The third-order valence-electron chi connectivity index (χ3n) is 7.51. The lowest BCUT2D eigenvalue weighted by atomic mass is 10.0. The molecule has 4 aromatic rings. The summed E-state index contributed by atoms with van der Waals surface area (Å²) in [5, 5.41) is 2.70. The molecule has 0 unspecified atom stereocenters. The molecule has 0 spiro atoms. The highest BCUT2D eigenvalue weighted by atomic mass is 32.2. The van der Waals surface area contributed by atoms with E-state index in [2.05, 4.69) is 5.32 Å². The second-order valence-electron chi connectivity index (χ2n) is 10.8. The van der Waals surface area contributed by atoms with Crippen LogP contribution in [-0.2, 0) is 32.6 Å². The van der Waals surface area contributed by atoms with Crippen LogP contribution in [0.1, 0.15) is 27.8 Å². The molecular formula is C35H39N3O5S. The average Bonchev–Trinajstić information content (AvgIpc) is 3.02. The van der Waals surface area contributed by atoms with Crippen molar-refractivity contribution < 1.29 is 22.7 Å². The Morgan fingerprint density at radius 3 is 2.11 bits per heavy atom. The molecule has 8 nitrogen and oxygen atoms in total. The third kappa shape index (κ3) is 7.65. The Morgan fingerprint density at radius 2 is 1.48 bits per heavy atom. The van der Waals surface area contributed by atoms with Crippen molar-refractivity contribution in [2.75, 3.05) is 25.0 Å². The van der Waals surface area contributed by atoms with Crippen LogP contribution >= 0.6 is 0 Å². The molecule has 0 saturated carbocycles. The van der Waals surface area contributed by atoms with Crippen LogP contribution < -0.4 is 14.4 Å². The Bertz CT molecular complexity index is 1710. The zero-order chi connectivity index (χ0) is 31.9. The number of rotatable bonds is 12. The van der Waals surface area contributed by atoms with E-state index in [0.717, 1.165) is 26.6 Å². The molecule has 0 bridgehead atoms. The van der Waals surface area contributed by atoms with Gasteiger partial charge in [-0.1, -0.05) is 77.9 Å². The minimum atomic E-state index is -4.16. The summed E-state index contributed by atoms with van der Waals surface area (Å²) < 4.78 is 34.9. The Balaban J connectivity index is 1.82. The van der Waals surface area contributed by atoms with E-state index in [-0.39, 0.29) is 23.8 Å². The van der Waals surface area contributed by atoms with Gasteiger partial charge in [-0.15, -0.1) is 0 Å². The largest absolute Gasteiger partial charge is 0.497 e. The summed E-state index contributed by atoms with van der Waals surface area (Å²) in [7, 11) is -1.08. The van der Waals surface area contributed by atoms with Gasteiger partial charge in [-0.25, -0.2) is 8.42 Å². The van der Waals surface area contributed by atoms with Crippen molar-refractivity contribution in [3.63, 3.8) is 0 Å². The molecule has 0 aliphatic carbocycles. The molecule has 0 aliphatic heterocycles. The first-order valence-electron chi connectivity index (χ1n) is 14.4. The summed E-state index contributed by atoms with van der Waals surface area (Å²) in [5.74, 6) is -0.272. The van der Waals surface area contributed by atoms with Crippen molar-refractivity contribution in [3.05, 3.63) is 125 Å². The minimum absolute atomic E-state index is 0.0618. The molecule has 0 radical (unpaired) electrons. The highest BCUT2D eigenvalue weighted by Gasteiger charge is 2.34. The molecule has 9 heteroatoms. The number of sulfonamides is 1. The number of hydrogen-bond acceptors (Lipinski definition) is 5. The Morgan fingerprint density at radius 1 is 0.818 bits per heavy atom. The van der Waals surface area contributed by atoms with E-state index in [9.17, 15) is 18.0 Å². The van der Waals surface area contributed by atoms with Crippen molar-refractivity contribution >= 4 is 27.5 Å². The monoisotopic (exact) mass is 613 g/mol. The maximum absolute atomic E-state index is 14.5. The van der Waals surface area contributed by atoms with E-state index in [1.807, 2.05) is 75.4 Å². The van der Waals surface area contributed by atoms with E-state index < -0.39 is 28.5 Å². The highest BCUT2D eigenvalue weighted by Crippen LogP contribution is 2.29. The van der Waals surface area contributed by atoms with Crippen LogP contribution in [0.25, 0.3) is 0 Å². The minimum Gasteiger partial charge on any atom is -0.497 e. The van der Waals surface area contributed by atoms with Crippen LogP contribution in [-0.4, -0.2) is 51.9 Å². The molecule has 1 atom stereocenters. The number of hydrogen-bond donors (Lipinski definition) is 1. The van der Waals surface area contributed by atoms with E-state index in [4.69, 9.17) is 4.74 Å². The molecular weight excluding hydrogens is 574 g/mol. The molecule has 2 amide bonds. The molecule has 0 fully saturated rings. The number of benzene rings is 4. The molecule has 0 aliphatic rings. The molecule has 0 heterocycles. The van der Waals surface area contributed by atoms with Gasteiger partial charge < -0.3 is 15.0 Å². The fourth-order valence-corrected chi connectivity index (χ4v) is 6.60. The maximum Gasteiger partial charge on any atom is 0.264 e. The van der Waals surface area contributed by atoms with Gasteiger partial charge in [0.2, 0.25) is 11.8 Å². The summed E-state index contributed by atoms with van der Waals surface area (Å²) in [6, 6.07) is 27.7. The van der Waals surface area contributed by atoms with Gasteiger partial charge in [-0.05, 0) is 67.8 Å². The number of carbonyl (C=O) groups is 2. The van der Waals surface area contributed by atoms with E-state index in [1.165, 1.54) is 11.9 Å². The number of amides is 2. The number of anilines is 1. The summed E-state index contributed by atoms with van der Waals surface area (Å²) in [4.78, 5) is 29.4. The number of ether oxygens (including phenoxy) is 1. The van der Waals surface area contributed by atoms with Crippen LogP contribution in [0.3, 0.4) is 0 Å². The maximum atomic E-state index is 14.5. The molecule has 0 aromatic heterocycles. The predicted octanol–water partition coefficient (Wildman–Crippen LogP) is 5.20. The Hall–Kier alpha value is -4.63. The van der Waals surface area contributed by atoms with Crippen LogP contribution in [0.5, 0.6) is 5.75 Å². The fraction of sp³-hybridized carbons (Fsp3) is 0.257. The van der Waals surface area contributed by atoms with Gasteiger partial charge >= 0.3 is 0 Å². The second-order valence-corrected chi connectivity index (χ2v) is 12.7. The van der Waals surface area contributed by atoms with Gasteiger partial charge in [0.25, 0.3) is 10.0 Å². The van der Waals surface area contributed by atoms with Crippen molar-refractivity contribution in [2.24, 2.45) is 0 Å². The molecule has 0 saturated heterocycles. The number of aryl methyl sites for hydroxylation is 3. The third-order valence-corrected chi connectivity index (χ3v) is 9.29.